The molecule has 0 atom stereocenters. The second kappa shape index (κ2) is 23.4. The van der Waals surface area contributed by atoms with Crippen LogP contribution in [-0.2, 0) is 9.59 Å². The molecule has 0 radical (unpaired) electrons. The molecule has 0 aliphatic heterocycles. The molecule has 260 valence electrons. The second-order valence-corrected chi connectivity index (χ2v) is 12.4. The van der Waals surface area contributed by atoms with Crippen molar-refractivity contribution in [3.63, 3.8) is 0 Å². The number of carbonyl (C=O) groups excluding carboxylic acids is 3. The van der Waals surface area contributed by atoms with Crippen LogP contribution in [0.3, 0.4) is 0 Å². The van der Waals surface area contributed by atoms with Crippen LogP contribution in [0.25, 0.3) is 0 Å². The van der Waals surface area contributed by atoms with Crippen LogP contribution in [0.15, 0.2) is 36.4 Å². The maximum absolute atomic E-state index is 12.9. The monoisotopic (exact) mass is 652 g/mol. The molecule has 0 saturated carbocycles. The van der Waals surface area contributed by atoms with Gasteiger partial charge < -0.3 is 25.6 Å². The summed E-state index contributed by atoms with van der Waals surface area (Å²) in [4.78, 5) is 49.4. The van der Waals surface area contributed by atoms with Crippen molar-refractivity contribution < 1.29 is 34.1 Å². The van der Waals surface area contributed by atoms with E-state index in [4.69, 9.17) is 4.74 Å². The minimum Gasteiger partial charge on any atom is -0.507 e. The first kappa shape index (κ1) is 39.3. The SMILES string of the molecule is CCCCCCCCCCCCCCCC(=O)Nc1ccc(C(=O)Oc2cc(NC(=O)CCCCCCC)ccc2C(=O)O)c(O)c1. The number of carboxylic acid groups (broad SMARTS) is 1. The molecule has 2 aromatic carbocycles. The summed E-state index contributed by atoms with van der Waals surface area (Å²) >= 11 is 0. The minimum absolute atomic E-state index is 0.172. The molecule has 0 aliphatic rings. The number of amides is 2. The lowest BCUT2D eigenvalue weighted by atomic mass is 10.0. The Balaban J connectivity index is 1.78. The van der Waals surface area contributed by atoms with Gasteiger partial charge in [-0.05, 0) is 37.1 Å². The third-order valence-electron chi connectivity index (χ3n) is 8.21. The molecule has 2 aromatic rings. The van der Waals surface area contributed by atoms with Crippen molar-refractivity contribution in [3.05, 3.63) is 47.5 Å². The first-order valence-electron chi connectivity index (χ1n) is 17.8. The zero-order valence-electron chi connectivity index (χ0n) is 28.5. The largest absolute Gasteiger partial charge is 0.507 e. The van der Waals surface area contributed by atoms with E-state index in [0.717, 1.165) is 51.4 Å². The van der Waals surface area contributed by atoms with Gasteiger partial charge in [-0.3, -0.25) is 9.59 Å². The number of carbonyl (C=O) groups is 4. The number of benzene rings is 2. The quantitative estimate of drug-likeness (QED) is 0.0475. The van der Waals surface area contributed by atoms with Crippen LogP contribution in [0.1, 0.15) is 163 Å². The van der Waals surface area contributed by atoms with Gasteiger partial charge in [0.05, 0.1) is 0 Å². The van der Waals surface area contributed by atoms with Crippen LogP contribution in [0.4, 0.5) is 11.4 Å². The summed E-state index contributed by atoms with van der Waals surface area (Å²) in [5, 5.41) is 25.6. The van der Waals surface area contributed by atoms with Crippen molar-refractivity contribution in [3.8, 4) is 11.5 Å². The number of nitrogens with one attached hydrogen (secondary N) is 2. The minimum atomic E-state index is -1.31. The Bertz CT molecular complexity index is 1260. The zero-order valence-corrected chi connectivity index (χ0v) is 28.5. The Hall–Kier alpha value is -3.88. The molecule has 2 rings (SSSR count). The van der Waals surface area contributed by atoms with Gasteiger partial charge >= 0.3 is 11.9 Å². The molecular formula is C38H56N2O7. The van der Waals surface area contributed by atoms with Crippen LogP contribution in [0, 0.1) is 0 Å². The van der Waals surface area contributed by atoms with E-state index in [1.165, 1.54) is 101 Å². The maximum Gasteiger partial charge on any atom is 0.347 e. The van der Waals surface area contributed by atoms with Gasteiger partial charge in [0.15, 0.2) is 0 Å². The highest BCUT2D eigenvalue weighted by atomic mass is 16.5. The van der Waals surface area contributed by atoms with E-state index in [9.17, 15) is 29.4 Å². The third kappa shape index (κ3) is 16.5. The van der Waals surface area contributed by atoms with Gasteiger partial charge in [-0.15, -0.1) is 0 Å². The number of esters is 1. The summed E-state index contributed by atoms with van der Waals surface area (Å²) in [6.45, 7) is 4.36. The molecule has 0 heterocycles. The van der Waals surface area contributed by atoms with Crippen LogP contribution >= 0.6 is 0 Å². The number of ether oxygens (including phenoxy) is 1. The van der Waals surface area contributed by atoms with E-state index in [2.05, 4.69) is 24.5 Å². The van der Waals surface area contributed by atoms with Gasteiger partial charge in [0.1, 0.15) is 22.6 Å². The van der Waals surface area contributed by atoms with Crippen molar-refractivity contribution in [2.24, 2.45) is 0 Å². The fraction of sp³-hybridized carbons (Fsp3) is 0.579. The molecule has 0 spiro atoms. The number of phenolic OH excluding ortho intramolecular Hbond substituents is 1. The smallest absolute Gasteiger partial charge is 0.347 e. The number of anilines is 2. The second-order valence-electron chi connectivity index (χ2n) is 12.4. The van der Waals surface area contributed by atoms with E-state index in [1.54, 1.807) is 0 Å². The van der Waals surface area contributed by atoms with E-state index < -0.39 is 17.7 Å². The fourth-order valence-electron chi connectivity index (χ4n) is 5.44. The normalized spacial score (nSPS) is 10.9. The molecular weight excluding hydrogens is 596 g/mol. The molecule has 0 unspecified atom stereocenters. The van der Waals surface area contributed by atoms with Crippen molar-refractivity contribution >= 4 is 35.1 Å². The van der Waals surface area contributed by atoms with Gasteiger partial charge in [0.2, 0.25) is 11.8 Å². The predicted octanol–water partition coefficient (Wildman–Crippen LogP) is 10.0. The number of phenols is 1. The van der Waals surface area contributed by atoms with Gasteiger partial charge in [-0.25, -0.2) is 9.59 Å². The lowest BCUT2D eigenvalue weighted by molar-refractivity contribution is -0.117. The van der Waals surface area contributed by atoms with Crippen LogP contribution in [0.2, 0.25) is 0 Å². The predicted molar refractivity (Wildman–Crippen MR) is 187 cm³/mol. The van der Waals surface area contributed by atoms with E-state index in [-0.39, 0.29) is 28.7 Å². The first-order valence-corrected chi connectivity index (χ1v) is 17.8. The van der Waals surface area contributed by atoms with Gasteiger partial charge in [-0.1, -0.05) is 117 Å². The van der Waals surface area contributed by atoms with E-state index >= 15 is 0 Å². The number of aromatic carboxylic acids is 1. The van der Waals surface area contributed by atoms with Gasteiger partial charge in [0, 0.05) is 36.3 Å². The Morgan fingerprint density at radius 3 is 1.40 bits per heavy atom. The third-order valence-corrected chi connectivity index (χ3v) is 8.21. The Labute approximate surface area is 280 Å². The summed E-state index contributed by atoms with van der Waals surface area (Å²) < 4.78 is 5.35. The maximum atomic E-state index is 12.9. The molecule has 0 bridgehead atoms. The van der Waals surface area contributed by atoms with Gasteiger partial charge in [-0.2, -0.15) is 0 Å². The van der Waals surface area contributed by atoms with Crippen LogP contribution in [0.5, 0.6) is 11.5 Å². The summed E-state index contributed by atoms with van der Waals surface area (Å²) in [5.41, 5.74) is 0.163. The number of hydrogen-bond acceptors (Lipinski definition) is 6. The fourth-order valence-corrected chi connectivity index (χ4v) is 5.44. The van der Waals surface area contributed by atoms with Crippen molar-refractivity contribution in [1.82, 2.24) is 0 Å². The lowest BCUT2D eigenvalue weighted by Gasteiger charge is -2.12. The standard InChI is InChI=1S/C38H56N2O7/c1-3-5-7-9-10-11-12-13-14-15-16-18-20-22-35(42)39-29-23-25-31(33(41)27-29)38(46)47-34-28-30(24-26-32(34)37(44)45)40-36(43)21-19-17-8-6-4-2/h23-28,41H,3-22H2,1-2H3,(H,39,42)(H,40,43)(H,44,45). The highest BCUT2D eigenvalue weighted by Crippen LogP contribution is 2.28. The van der Waals surface area contributed by atoms with E-state index in [0.29, 0.717) is 24.2 Å². The molecule has 47 heavy (non-hydrogen) atoms. The first-order chi connectivity index (χ1) is 22.7. The molecule has 9 nitrogen and oxygen atoms in total. The highest BCUT2D eigenvalue weighted by molar-refractivity contribution is 5.99. The van der Waals surface area contributed by atoms with Crippen molar-refractivity contribution in [2.45, 2.75) is 142 Å². The summed E-state index contributed by atoms with van der Waals surface area (Å²) in [6, 6.07) is 8.00. The average molecular weight is 653 g/mol. The summed E-state index contributed by atoms with van der Waals surface area (Å²) in [6.07, 6.45) is 21.7. The topological polar surface area (TPSA) is 142 Å². The molecule has 0 aromatic heterocycles. The van der Waals surface area contributed by atoms with Crippen LogP contribution in [-0.4, -0.2) is 34.0 Å². The Morgan fingerprint density at radius 1 is 0.574 bits per heavy atom. The lowest BCUT2D eigenvalue weighted by Crippen LogP contribution is -2.15. The summed E-state index contributed by atoms with van der Waals surface area (Å²) in [5.74, 6) is -3.36. The Morgan fingerprint density at radius 2 is 0.979 bits per heavy atom. The Kier molecular flexibility index (Phi) is 19.6. The van der Waals surface area contributed by atoms with Crippen molar-refractivity contribution in [1.29, 1.82) is 0 Å². The number of rotatable bonds is 25. The van der Waals surface area contributed by atoms with Crippen molar-refractivity contribution in [2.75, 3.05) is 10.6 Å². The summed E-state index contributed by atoms with van der Waals surface area (Å²) in [7, 11) is 0. The number of hydrogen-bond donors (Lipinski definition) is 4. The number of aromatic hydroxyl groups is 1. The molecule has 0 fully saturated rings. The van der Waals surface area contributed by atoms with Gasteiger partial charge in [0.25, 0.3) is 0 Å². The molecule has 4 N–H and O–H groups in total. The molecule has 0 saturated heterocycles. The number of unbranched alkanes of at least 4 members (excludes halogenated alkanes) is 16. The average Bonchev–Trinajstić information content (AvgIpc) is 3.03. The van der Waals surface area contributed by atoms with E-state index in [1.807, 2.05) is 0 Å². The highest BCUT2D eigenvalue weighted by Gasteiger charge is 2.20. The molecule has 9 heteroatoms. The number of carboxylic acids is 1. The molecule has 2 amide bonds. The van der Waals surface area contributed by atoms with Crippen LogP contribution < -0.4 is 15.4 Å². The zero-order chi connectivity index (χ0) is 34.3. The molecule has 0 aliphatic carbocycles.